The van der Waals surface area contributed by atoms with Crippen LogP contribution in [0.15, 0.2) is 78.9 Å². The molecule has 0 amide bonds. The molecular formula is C24H19NO2. The maximum absolute atomic E-state index is 10.2. The van der Waals surface area contributed by atoms with E-state index in [-0.39, 0.29) is 13.2 Å². The molecule has 0 fully saturated rings. The van der Waals surface area contributed by atoms with Crippen LogP contribution in [0.5, 0.6) is 0 Å². The Bertz CT molecular complexity index is 1290. The van der Waals surface area contributed by atoms with E-state index in [1.54, 1.807) is 0 Å². The highest BCUT2D eigenvalue weighted by atomic mass is 16.3. The zero-order valence-electron chi connectivity index (χ0n) is 14.8. The first-order chi connectivity index (χ1) is 13.3. The first-order valence-electron chi connectivity index (χ1n) is 9.08. The standard InChI is InChI=1S/C24H19NO2/c26-14-20-21(15-27)24-19-12-5-4-10-17(19)18-11-6-7-13-22(18)25(24)23(20)16-8-2-1-3-9-16/h1-13,26-27H,14-15H2. The number of para-hydroxylation sites is 1. The third-order valence-electron chi connectivity index (χ3n) is 5.36. The van der Waals surface area contributed by atoms with E-state index in [4.69, 9.17) is 0 Å². The van der Waals surface area contributed by atoms with Gasteiger partial charge >= 0.3 is 0 Å². The topological polar surface area (TPSA) is 44.9 Å². The number of hydrogen-bond donors (Lipinski definition) is 2. The van der Waals surface area contributed by atoms with E-state index in [1.165, 1.54) is 0 Å². The van der Waals surface area contributed by atoms with Gasteiger partial charge in [0.05, 0.1) is 29.9 Å². The number of pyridine rings is 1. The van der Waals surface area contributed by atoms with Crippen molar-refractivity contribution < 1.29 is 10.2 Å². The number of benzene rings is 3. The van der Waals surface area contributed by atoms with Gasteiger partial charge in [0.15, 0.2) is 0 Å². The van der Waals surface area contributed by atoms with Gasteiger partial charge in [-0.1, -0.05) is 72.8 Å². The molecule has 27 heavy (non-hydrogen) atoms. The van der Waals surface area contributed by atoms with Gasteiger partial charge in [-0.15, -0.1) is 0 Å². The van der Waals surface area contributed by atoms with Crippen molar-refractivity contribution in [2.45, 2.75) is 13.2 Å². The van der Waals surface area contributed by atoms with E-state index in [2.05, 4.69) is 28.7 Å². The Morgan fingerprint density at radius 3 is 1.89 bits per heavy atom. The summed E-state index contributed by atoms with van der Waals surface area (Å²) in [4.78, 5) is 0. The Morgan fingerprint density at radius 2 is 1.19 bits per heavy atom. The Morgan fingerprint density at radius 1 is 0.593 bits per heavy atom. The molecule has 2 N–H and O–H groups in total. The SMILES string of the molecule is OCc1c(CO)c2c3ccccc3c3ccccc3n2c1-c1ccccc1. The molecular weight excluding hydrogens is 334 g/mol. The maximum Gasteiger partial charge on any atom is 0.0706 e. The number of nitrogens with zero attached hydrogens (tertiary/aromatic N) is 1. The molecule has 0 unspecified atom stereocenters. The van der Waals surface area contributed by atoms with Gasteiger partial charge < -0.3 is 14.6 Å². The van der Waals surface area contributed by atoms with Gasteiger partial charge in [-0.2, -0.15) is 0 Å². The van der Waals surface area contributed by atoms with Crippen molar-refractivity contribution in [3.8, 4) is 11.3 Å². The van der Waals surface area contributed by atoms with E-state index in [1.807, 2.05) is 54.6 Å². The van der Waals surface area contributed by atoms with Crippen molar-refractivity contribution in [2.75, 3.05) is 0 Å². The largest absolute Gasteiger partial charge is 0.392 e. The fraction of sp³-hybridized carbons (Fsp3) is 0.0833. The summed E-state index contributed by atoms with van der Waals surface area (Å²) in [5, 5.41) is 23.8. The summed E-state index contributed by atoms with van der Waals surface area (Å²) in [6.45, 7) is -0.237. The number of aliphatic hydroxyl groups excluding tert-OH is 2. The van der Waals surface area contributed by atoms with Crippen LogP contribution in [0.2, 0.25) is 0 Å². The molecule has 5 aromatic rings. The van der Waals surface area contributed by atoms with Gasteiger partial charge in [0.25, 0.3) is 0 Å². The van der Waals surface area contributed by atoms with Crippen molar-refractivity contribution in [1.82, 2.24) is 4.40 Å². The molecule has 3 aromatic carbocycles. The lowest BCUT2D eigenvalue weighted by Crippen LogP contribution is -1.95. The Labute approximate surface area is 156 Å². The summed E-state index contributed by atoms with van der Waals surface area (Å²) < 4.78 is 2.20. The van der Waals surface area contributed by atoms with Gasteiger partial charge in [-0.3, -0.25) is 0 Å². The Kier molecular flexibility index (Phi) is 3.71. The van der Waals surface area contributed by atoms with Crippen LogP contribution in [0.4, 0.5) is 0 Å². The molecule has 0 bridgehead atoms. The minimum Gasteiger partial charge on any atom is -0.392 e. The summed E-state index contributed by atoms with van der Waals surface area (Å²) in [6, 6.07) is 26.6. The first-order valence-corrected chi connectivity index (χ1v) is 9.08. The predicted octanol–water partition coefficient (Wildman–Crippen LogP) is 4.90. The molecule has 0 saturated heterocycles. The van der Waals surface area contributed by atoms with Crippen molar-refractivity contribution in [1.29, 1.82) is 0 Å². The Balaban J connectivity index is 2.14. The van der Waals surface area contributed by atoms with Crippen molar-refractivity contribution in [3.63, 3.8) is 0 Å². The fourth-order valence-corrected chi connectivity index (χ4v) is 4.25. The summed E-state index contributed by atoms with van der Waals surface area (Å²) in [5.41, 5.74) is 5.58. The van der Waals surface area contributed by atoms with Gasteiger partial charge in [0, 0.05) is 21.9 Å². The molecule has 0 radical (unpaired) electrons. The normalized spacial score (nSPS) is 11.6. The zero-order chi connectivity index (χ0) is 18.4. The predicted molar refractivity (Wildman–Crippen MR) is 110 cm³/mol. The van der Waals surface area contributed by atoms with Crippen LogP contribution in [0, 0.1) is 0 Å². The number of aliphatic hydroxyl groups is 2. The number of fused-ring (bicyclic) bond motifs is 6. The molecule has 0 spiro atoms. The van der Waals surface area contributed by atoms with Crippen LogP contribution in [-0.4, -0.2) is 14.6 Å². The highest BCUT2D eigenvalue weighted by Crippen LogP contribution is 2.39. The van der Waals surface area contributed by atoms with E-state index in [9.17, 15) is 10.2 Å². The lowest BCUT2D eigenvalue weighted by Gasteiger charge is -2.12. The summed E-state index contributed by atoms with van der Waals surface area (Å²) in [6.07, 6.45) is 0. The second-order valence-corrected chi connectivity index (χ2v) is 6.73. The van der Waals surface area contributed by atoms with Crippen LogP contribution in [0.1, 0.15) is 11.1 Å². The van der Waals surface area contributed by atoms with Crippen LogP contribution in [0.3, 0.4) is 0 Å². The molecule has 0 aliphatic heterocycles. The highest BCUT2D eigenvalue weighted by molar-refractivity contribution is 6.14. The minimum absolute atomic E-state index is 0.117. The van der Waals surface area contributed by atoms with E-state index >= 15 is 0 Å². The zero-order valence-corrected chi connectivity index (χ0v) is 14.8. The lowest BCUT2D eigenvalue weighted by molar-refractivity contribution is 0.262. The maximum atomic E-state index is 10.2. The molecule has 5 rings (SSSR count). The third kappa shape index (κ3) is 2.23. The molecule has 2 heterocycles. The van der Waals surface area contributed by atoms with E-state index in [0.717, 1.165) is 49.6 Å². The molecule has 132 valence electrons. The van der Waals surface area contributed by atoms with E-state index in [0.29, 0.717) is 0 Å². The molecule has 0 atom stereocenters. The lowest BCUT2D eigenvalue weighted by atomic mass is 10.0. The minimum atomic E-state index is -0.121. The molecule has 2 aromatic heterocycles. The average molecular weight is 353 g/mol. The van der Waals surface area contributed by atoms with Crippen molar-refractivity contribution >= 4 is 27.2 Å². The number of rotatable bonds is 3. The molecule has 0 aliphatic carbocycles. The van der Waals surface area contributed by atoms with Crippen LogP contribution in [-0.2, 0) is 13.2 Å². The number of hydrogen-bond acceptors (Lipinski definition) is 2. The third-order valence-corrected chi connectivity index (χ3v) is 5.36. The smallest absolute Gasteiger partial charge is 0.0706 e. The highest BCUT2D eigenvalue weighted by Gasteiger charge is 2.22. The number of aromatic nitrogens is 1. The summed E-state index contributed by atoms with van der Waals surface area (Å²) in [7, 11) is 0. The van der Waals surface area contributed by atoms with E-state index < -0.39 is 0 Å². The molecule has 0 aliphatic rings. The average Bonchev–Trinajstić information content (AvgIpc) is 3.09. The first kappa shape index (κ1) is 16.1. The van der Waals surface area contributed by atoms with Crippen LogP contribution < -0.4 is 0 Å². The second kappa shape index (κ2) is 6.23. The fourth-order valence-electron chi connectivity index (χ4n) is 4.25. The summed E-state index contributed by atoms with van der Waals surface area (Å²) >= 11 is 0. The van der Waals surface area contributed by atoms with Crippen molar-refractivity contribution in [2.24, 2.45) is 0 Å². The molecule has 3 heteroatoms. The van der Waals surface area contributed by atoms with Gasteiger partial charge in [-0.05, 0) is 17.0 Å². The quantitative estimate of drug-likeness (QED) is 0.453. The monoisotopic (exact) mass is 353 g/mol. The molecule has 0 saturated carbocycles. The summed E-state index contributed by atoms with van der Waals surface area (Å²) in [5.74, 6) is 0. The van der Waals surface area contributed by atoms with Gasteiger partial charge in [0.1, 0.15) is 0 Å². The van der Waals surface area contributed by atoms with Crippen molar-refractivity contribution in [3.05, 3.63) is 90.0 Å². The van der Waals surface area contributed by atoms with Crippen LogP contribution >= 0.6 is 0 Å². The molecule has 3 nitrogen and oxygen atoms in total. The second-order valence-electron chi connectivity index (χ2n) is 6.73. The van der Waals surface area contributed by atoms with Gasteiger partial charge in [0.2, 0.25) is 0 Å². The Hall–Kier alpha value is -3.14. The van der Waals surface area contributed by atoms with Crippen LogP contribution in [0.25, 0.3) is 38.4 Å². The van der Waals surface area contributed by atoms with Gasteiger partial charge in [-0.25, -0.2) is 0 Å².